The molecule has 2 N–H and O–H groups in total. The van der Waals surface area contributed by atoms with Crippen molar-refractivity contribution in [1.29, 1.82) is 0 Å². The van der Waals surface area contributed by atoms with E-state index in [0.29, 0.717) is 6.79 Å². The van der Waals surface area contributed by atoms with E-state index in [-0.39, 0.29) is 6.04 Å². The molecule has 0 radical (unpaired) electrons. The van der Waals surface area contributed by atoms with Crippen LogP contribution in [0.1, 0.15) is 24.2 Å². The van der Waals surface area contributed by atoms with Gasteiger partial charge in [0, 0.05) is 24.5 Å². The fourth-order valence-corrected chi connectivity index (χ4v) is 2.04. The lowest BCUT2D eigenvalue weighted by atomic mass is 10.1. The Balaban J connectivity index is 1.67. The number of ether oxygens (including phenoxy) is 2. The van der Waals surface area contributed by atoms with Gasteiger partial charge in [0.2, 0.25) is 6.79 Å². The summed E-state index contributed by atoms with van der Waals surface area (Å²) >= 11 is 0. The normalized spacial score (nSPS) is 14.7. The third-order valence-corrected chi connectivity index (χ3v) is 3.16. The summed E-state index contributed by atoms with van der Waals surface area (Å²) < 4.78 is 10.7. The maximum atomic E-state index is 5.38. The van der Waals surface area contributed by atoms with Gasteiger partial charge < -0.3 is 19.8 Å². The molecule has 1 unspecified atom stereocenters. The van der Waals surface area contributed by atoms with Gasteiger partial charge >= 0.3 is 0 Å². The van der Waals surface area contributed by atoms with Crippen LogP contribution >= 0.6 is 0 Å². The highest BCUT2D eigenvalue weighted by atomic mass is 16.7. The predicted molar refractivity (Wildman–Crippen MR) is 68.6 cm³/mol. The first-order chi connectivity index (χ1) is 8.83. The van der Waals surface area contributed by atoms with Crippen LogP contribution in [0.2, 0.25) is 0 Å². The SMILES string of the molecule is CC(NCc1ccc[nH]1)c1ccc2c(c1)OCO2. The second-order valence-electron chi connectivity index (χ2n) is 4.41. The molecule has 0 saturated carbocycles. The average Bonchev–Trinajstić information content (AvgIpc) is 3.05. The molecule has 4 heteroatoms. The van der Waals surface area contributed by atoms with Gasteiger partial charge in [0.15, 0.2) is 11.5 Å². The van der Waals surface area contributed by atoms with E-state index < -0.39 is 0 Å². The van der Waals surface area contributed by atoms with Gasteiger partial charge in [-0.25, -0.2) is 0 Å². The lowest BCUT2D eigenvalue weighted by molar-refractivity contribution is 0.174. The van der Waals surface area contributed by atoms with Crippen molar-refractivity contribution in [3.8, 4) is 11.5 Å². The predicted octanol–water partition coefficient (Wildman–Crippen LogP) is 2.59. The van der Waals surface area contributed by atoms with E-state index in [1.165, 1.54) is 11.3 Å². The number of fused-ring (bicyclic) bond motifs is 1. The molecule has 18 heavy (non-hydrogen) atoms. The number of nitrogens with one attached hydrogen (secondary N) is 2. The molecule has 1 aromatic carbocycles. The molecular formula is C14H16N2O2. The van der Waals surface area contributed by atoms with Crippen molar-refractivity contribution in [2.24, 2.45) is 0 Å². The zero-order valence-electron chi connectivity index (χ0n) is 10.3. The number of H-pyrrole nitrogens is 1. The number of rotatable bonds is 4. The third kappa shape index (κ3) is 2.19. The second kappa shape index (κ2) is 4.74. The van der Waals surface area contributed by atoms with Crippen molar-refractivity contribution < 1.29 is 9.47 Å². The zero-order chi connectivity index (χ0) is 12.4. The second-order valence-corrected chi connectivity index (χ2v) is 4.41. The average molecular weight is 244 g/mol. The highest BCUT2D eigenvalue weighted by molar-refractivity contribution is 5.45. The highest BCUT2D eigenvalue weighted by Crippen LogP contribution is 2.34. The maximum absolute atomic E-state index is 5.38. The molecule has 1 aromatic heterocycles. The fourth-order valence-electron chi connectivity index (χ4n) is 2.04. The van der Waals surface area contributed by atoms with Gasteiger partial charge in [-0.15, -0.1) is 0 Å². The van der Waals surface area contributed by atoms with Crippen LogP contribution in [0.4, 0.5) is 0 Å². The molecular weight excluding hydrogens is 228 g/mol. The number of aromatic amines is 1. The lowest BCUT2D eigenvalue weighted by Crippen LogP contribution is -2.18. The summed E-state index contributed by atoms with van der Waals surface area (Å²) in [7, 11) is 0. The van der Waals surface area contributed by atoms with Crippen LogP contribution in [0.15, 0.2) is 36.5 Å². The Morgan fingerprint density at radius 1 is 1.28 bits per heavy atom. The van der Waals surface area contributed by atoms with E-state index >= 15 is 0 Å². The topological polar surface area (TPSA) is 46.3 Å². The molecule has 1 aliphatic rings. The molecule has 3 rings (SSSR count). The standard InChI is InChI=1S/C14H16N2O2/c1-10(16-8-12-3-2-6-15-12)11-4-5-13-14(7-11)18-9-17-13/h2-7,10,15-16H,8-9H2,1H3. The fraction of sp³-hybridized carbons (Fsp3) is 0.286. The molecule has 0 amide bonds. The summed E-state index contributed by atoms with van der Waals surface area (Å²) in [6.45, 7) is 3.28. The largest absolute Gasteiger partial charge is 0.454 e. The monoisotopic (exact) mass is 244 g/mol. The number of hydrogen-bond acceptors (Lipinski definition) is 3. The first-order valence-electron chi connectivity index (χ1n) is 6.08. The van der Waals surface area contributed by atoms with Gasteiger partial charge in [-0.1, -0.05) is 6.07 Å². The molecule has 0 saturated heterocycles. The first kappa shape index (κ1) is 11.2. The molecule has 1 atom stereocenters. The minimum atomic E-state index is 0.266. The summed E-state index contributed by atoms with van der Waals surface area (Å²) in [6, 6.07) is 10.4. The van der Waals surface area contributed by atoms with Gasteiger partial charge in [0.25, 0.3) is 0 Å². The Morgan fingerprint density at radius 3 is 3.00 bits per heavy atom. The van der Waals surface area contributed by atoms with Gasteiger partial charge in [-0.3, -0.25) is 0 Å². The van der Waals surface area contributed by atoms with E-state index in [1.54, 1.807) is 0 Å². The van der Waals surface area contributed by atoms with Crippen molar-refractivity contribution in [3.05, 3.63) is 47.8 Å². The van der Waals surface area contributed by atoms with Gasteiger partial charge in [0.05, 0.1) is 0 Å². The van der Waals surface area contributed by atoms with Crippen molar-refractivity contribution in [1.82, 2.24) is 10.3 Å². The Kier molecular flexibility index (Phi) is 2.94. The van der Waals surface area contributed by atoms with Crippen LogP contribution in [0.25, 0.3) is 0 Å². The van der Waals surface area contributed by atoms with Gasteiger partial charge in [0.1, 0.15) is 0 Å². The smallest absolute Gasteiger partial charge is 0.231 e. The first-order valence-corrected chi connectivity index (χ1v) is 6.08. The Bertz CT molecular complexity index is 523. The van der Waals surface area contributed by atoms with Crippen LogP contribution in [-0.2, 0) is 6.54 Å². The molecule has 0 fully saturated rings. The molecule has 2 aromatic rings. The van der Waals surface area contributed by atoms with Crippen LogP contribution in [-0.4, -0.2) is 11.8 Å². The van der Waals surface area contributed by atoms with Crippen LogP contribution in [0.3, 0.4) is 0 Å². The summed E-state index contributed by atoms with van der Waals surface area (Å²) in [5.74, 6) is 1.66. The van der Waals surface area contributed by atoms with Crippen LogP contribution in [0, 0.1) is 0 Å². The molecule has 0 aliphatic carbocycles. The van der Waals surface area contributed by atoms with Crippen LogP contribution < -0.4 is 14.8 Å². The number of hydrogen-bond donors (Lipinski definition) is 2. The summed E-state index contributed by atoms with van der Waals surface area (Å²) in [4.78, 5) is 3.18. The zero-order valence-corrected chi connectivity index (χ0v) is 10.3. The van der Waals surface area contributed by atoms with E-state index in [0.717, 1.165) is 18.0 Å². The maximum Gasteiger partial charge on any atom is 0.231 e. The Labute approximate surface area is 106 Å². The van der Waals surface area contributed by atoms with Crippen molar-refractivity contribution >= 4 is 0 Å². The minimum Gasteiger partial charge on any atom is -0.454 e. The quantitative estimate of drug-likeness (QED) is 0.869. The summed E-state index contributed by atoms with van der Waals surface area (Å²) in [5.41, 5.74) is 2.38. The van der Waals surface area contributed by atoms with Crippen LogP contribution in [0.5, 0.6) is 11.5 Å². The molecule has 4 nitrogen and oxygen atoms in total. The van der Waals surface area contributed by atoms with Gasteiger partial charge in [-0.05, 0) is 36.8 Å². The highest BCUT2D eigenvalue weighted by Gasteiger charge is 2.15. The van der Waals surface area contributed by atoms with Crippen molar-refractivity contribution in [2.45, 2.75) is 19.5 Å². The number of benzene rings is 1. The van der Waals surface area contributed by atoms with E-state index in [1.807, 2.05) is 24.4 Å². The van der Waals surface area contributed by atoms with Crippen molar-refractivity contribution in [2.75, 3.05) is 6.79 Å². The molecule has 1 aliphatic heterocycles. The van der Waals surface area contributed by atoms with Gasteiger partial charge in [-0.2, -0.15) is 0 Å². The van der Waals surface area contributed by atoms with E-state index in [4.69, 9.17) is 9.47 Å². The molecule has 0 spiro atoms. The van der Waals surface area contributed by atoms with E-state index in [2.05, 4.69) is 29.4 Å². The summed E-state index contributed by atoms with van der Waals surface area (Å²) in [6.07, 6.45) is 1.93. The molecule has 2 heterocycles. The van der Waals surface area contributed by atoms with E-state index in [9.17, 15) is 0 Å². The van der Waals surface area contributed by atoms with Crippen molar-refractivity contribution in [3.63, 3.8) is 0 Å². The Hall–Kier alpha value is -1.94. The molecule has 94 valence electrons. The lowest BCUT2D eigenvalue weighted by Gasteiger charge is -2.14. The number of aromatic nitrogens is 1. The summed E-state index contributed by atoms with van der Waals surface area (Å²) in [5, 5.41) is 3.46. The Morgan fingerprint density at radius 2 is 2.17 bits per heavy atom. The minimum absolute atomic E-state index is 0.266. The molecule has 0 bridgehead atoms. The third-order valence-electron chi connectivity index (χ3n) is 3.16.